The van der Waals surface area contributed by atoms with E-state index in [-0.39, 0.29) is 24.3 Å². The Hall–Kier alpha value is -3.02. The van der Waals surface area contributed by atoms with E-state index in [0.717, 1.165) is 5.56 Å². The molecule has 0 N–H and O–H groups in total. The Morgan fingerprint density at radius 3 is 2.48 bits per heavy atom. The van der Waals surface area contributed by atoms with E-state index in [0.29, 0.717) is 17.9 Å². The number of benzene rings is 2. The highest BCUT2D eigenvalue weighted by molar-refractivity contribution is 5.94. The van der Waals surface area contributed by atoms with E-state index in [9.17, 15) is 13.6 Å². The molecule has 0 unspecified atom stereocenters. The number of halogens is 2. The maximum atomic E-state index is 13.5. The zero-order valence-electron chi connectivity index (χ0n) is 15.3. The molecule has 0 radical (unpaired) electrons. The molecule has 0 fully saturated rings. The number of rotatable bonds is 6. The van der Waals surface area contributed by atoms with E-state index in [1.807, 2.05) is 24.5 Å². The largest absolute Gasteiger partial charge is 0.329 e. The molecule has 6 heteroatoms. The maximum absolute atomic E-state index is 13.5. The van der Waals surface area contributed by atoms with Gasteiger partial charge in [0.1, 0.15) is 17.5 Å². The Kier molecular flexibility index (Phi) is 5.64. The molecule has 0 bridgehead atoms. The maximum Gasteiger partial charge on any atom is 0.254 e. The van der Waals surface area contributed by atoms with Gasteiger partial charge < -0.3 is 9.47 Å². The predicted molar refractivity (Wildman–Crippen MR) is 99.1 cm³/mol. The van der Waals surface area contributed by atoms with Crippen LogP contribution in [0.4, 0.5) is 8.78 Å². The first kappa shape index (κ1) is 18.8. The normalized spacial score (nSPS) is 11.0. The summed E-state index contributed by atoms with van der Waals surface area (Å²) in [5.74, 6) is -0.320. The highest BCUT2D eigenvalue weighted by Crippen LogP contribution is 2.15. The Bertz CT molecular complexity index is 936. The Morgan fingerprint density at radius 1 is 1.11 bits per heavy atom. The van der Waals surface area contributed by atoms with Crippen molar-refractivity contribution in [1.82, 2.24) is 14.5 Å². The molecule has 4 nitrogen and oxygen atoms in total. The summed E-state index contributed by atoms with van der Waals surface area (Å²) < 4.78 is 28.8. The van der Waals surface area contributed by atoms with Gasteiger partial charge in [0.15, 0.2) is 0 Å². The number of nitrogens with zero attached hydrogens (tertiary/aromatic N) is 3. The van der Waals surface area contributed by atoms with Crippen LogP contribution < -0.4 is 0 Å². The second-order valence-corrected chi connectivity index (χ2v) is 6.64. The summed E-state index contributed by atoms with van der Waals surface area (Å²) in [6.07, 6.45) is 3.45. The molecule has 140 valence electrons. The molecule has 1 aromatic heterocycles. The minimum absolute atomic E-state index is 0.0971. The van der Waals surface area contributed by atoms with Crippen molar-refractivity contribution in [3.63, 3.8) is 0 Å². The molecule has 0 spiro atoms. The SMILES string of the molecule is CC(C)N(Cc1nccn1Cc1cccc(F)c1)C(=O)c1cccc(F)c1. The minimum Gasteiger partial charge on any atom is -0.329 e. The van der Waals surface area contributed by atoms with Crippen molar-refractivity contribution in [2.75, 3.05) is 0 Å². The number of carbonyl (C=O) groups excluding carboxylic acids is 1. The summed E-state index contributed by atoms with van der Waals surface area (Å²) >= 11 is 0. The molecule has 27 heavy (non-hydrogen) atoms. The first-order valence-electron chi connectivity index (χ1n) is 8.75. The number of hydrogen-bond donors (Lipinski definition) is 0. The monoisotopic (exact) mass is 369 g/mol. The van der Waals surface area contributed by atoms with Crippen molar-refractivity contribution in [3.8, 4) is 0 Å². The highest BCUT2D eigenvalue weighted by atomic mass is 19.1. The molecule has 1 heterocycles. The first-order valence-corrected chi connectivity index (χ1v) is 8.75. The summed E-state index contributed by atoms with van der Waals surface area (Å²) in [5.41, 5.74) is 1.11. The topological polar surface area (TPSA) is 38.1 Å². The lowest BCUT2D eigenvalue weighted by Crippen LogP contribution is -2.37. The third-order valence-corrected chi connectivity index (χ3v) is 4.31. The number of amides is 1. The number of aromatic nitrogens is 2. The van der Waals surface area contributed by atoms with Gasteiger partial charge in [-0.05, 0) is 49.7 Å². The molecular formula is C21H21F2N3O. The summed E-state index contributed by atoms with van der Waals surface area (Å²) in [4.78, 5) is 18.8. The van der Waals surface area contributed by atoms with Crippen LogP contribution in [0.2, 0.25) is 0 Å². The van der Waals surface area contributed by atoms with Crippen LogP contribution in [0.5, 0.6) is 0 Å². The van der Waals surface area contributed by atoms with Crippen molar-refractivity contribution in [2.24, 2.45) is 0 Å². The average Bonchev–Trinajstić information content (AvgIpc) is 3.05. The lowest BCUT2D eigenvalue weighted by Gasteiger charge is -2.27. The molecule has 0 aliphatic heterocycles. The van der Waals surface area contributed by atoms with Crippen LogP contribution in [0.1, 0.15) is 35.6 Å². The molecule has 0 atom stereocenters. The molecule has 0 saturated heterocycles. The van der Waals surface area contributed by atoms with Gasteiger partial charge in [-0.1, -0.05) is 18.2 Å². The summed E-state index contributed by atoms with van der Waals surface area (Å²) in [6.45, 7) is 4.52. The van der Waals surface area contributed by atoms with Gasteiger partial charge in [-0.2, -0.15) is 0 Å². The molecule has 0 saturated carbocycles. The van der Waals surface area contributed by atoms with Crippen LogP contribution in [0, 0.1) is 11.6 Å². The second-order valence-electron chi connectivity index (χ2n) is 6.64. The van der Waals surface area contributed by atoms with Crippen molar-refractivity contribution in [2.45, 2.75) is 33.0 Å². The second kappa shape index (κ2) is 8.12. The Balaban J connectivity index is 1.82. The summed E-state index contributed by atoms with van der Waals surface area (Å²) in [7, 11) is 0. The van der Waals surface area contributed by atoms with E-state index < -0.39 is 5.82 Å². The van der Waals surface area contributed by atoms with E-state index in [1.54, 1.807) is 29.4 Å². The van der Waals surface area contributed by atoms with Gasteiger partial charge >= 0.3 is 0 Å². The smallest absolute Gasteiger partial charge is 0.254 e. The fourth-order valence-electron chi connectivity index (χ4n) is 2.90. The molecule has 3 aromatic rings. The highest BCUT2D eigenvalue weighted by Gasteiger charge is 2.21. The van der Waals surface area contributed by atoms with Crippen LogP contribution in [0.15, 0.2) is 60.9 Å². The van der Waals surface area contributed by atoms with Crippen LogP contribution in [0.3, 0.4) is 0 Å². The first-order chi connectivity index (χ1) is 12.9. The number of hydrogen-bond acceptors (Lipinski definition) is 2. The zero-order chi connectivity index (χ0) is 19.4. The Morgan fingerprint density at radius 2 is 1.81 bits per heavy atom. The van der Waals surface area contributed by atoms with Gasteiger partial charge in [0.25, 0.3) is 5.91 Å². The lowest BCUT2D eigenvalue weighted by molar-refractivity contribution is 0.0682. The van der Waals surface area contributed by atoms with Gasteiger partial charge in [0.2, 0.25) is 0 Å². The summed E-state index contributed by atoms with van der Waals surface area (Å²) in [5, 5.41) is 0. The lowest BCUT2D eigenvalue weighted by atomic mass is 10.1. The predicted octanol–water partition coefficient (Wildman–Crippen LogP) is 4.26. The van der Waals surface area contributed by atoms with Crippen LogP contribution >= 0.6 is 0 Å². The van der Waals surface area contributed by atoms with Crippen molar-refractivity contribution >= 4 is 5.91 Å². The molecule has 0 aliphatic rings. The van der Waals surface area contributed by atoms with Gasteiger partial charge in [-0.15, -0.1) is 0 Å². The van der Waals surface area contributed by atoms with E-state index in [1.165, 1.54) is 30.3 Å². The van der Waals surface area contributed by atoms with Crippen LogP contribution in [-0.4, -0.2) is 26.4 Å². The van der Waals surface area contributed by atoms with Gasteiger partial charge in [0, 0.05) is 30.5 Å². The average molecular weight is 369 g/mol. The number of imidazole rings is 1. The fourth-order valence-corrected chi connectivity index (χ4v) is 2.90. The third kappa shape index (κ3) is 4.58. The molecule has 3 rings (SSSR count). The fraction of sp³-hybridized carbons (Fsp3) is 0.238. The quantitative estimate of drug-likeness (QED) is 0.651. The van der Waals surface area contributed by atoms with Gasteiger partial charge in [-0.3, -0.25) is 4.79 Å². The van der Waals surface area contributed by atoms with Gasteiger partial charge in [0.05, 0.1) is 6.54 Å². The number of carbonyl (C=O) groups is 1. The zero-order valence-corrected chi connectivity index (χ0v) is 15.3. The van der Waals surface area contributed by atoms with E-state index in [2.05, 4.69) is 4.98 Å². The van der Waals surface area contributed by atoms with E-state index in [4.69, 9.17) is 0 Å². The minimum atomic E-state index is -0.447. The molecule has 1 amide bonds. The Labute approximate surface area is 157 Å². The van der Waals surface area contributed by atoms with Crippen molar-refractivity contribution < 1.29 is 13.6 Å². The van der Waals surface area contributed by atoms with Crippen LogP contribution in [-0.2, 0) is 13.1 Å². The standard InChI is InChI=1S/C21H21F2N3O/c1-15(2)26(21(27)17-6-4-8-19(23)12-17)14-20-24-9-10-25(20)13-16-5-3-7-18(22)11-16/h3-12,15H,13-14H2,1-2H3. The molecule has 0 aliphatic carbocycles. The molecular weight excluding hydrogens is 348 g/mol. The van der Waals surface area contributed by atoms with Crippen molar-refractivity contribution in [3.05, 3.63) is 89.5 Å². The van der Waals surface area contributed by atoms with E-state index >= 15 is 0 Å². The summed E-state index contributed by atoms with van der Waals surface area (Å²) in [6, 6.07) is 11.9. The third-order valence-electron chi connectivity index (χ3n) is 4.31. The van der Waals surface area contributed by atoms with Crippen molar-refractivity contribution in [1.29, 1.82) is 0 Å². The van der Waals surface area contributed by atoms with Gasteiger partial charge in [-0.25, -0.2) is 13.8 Å². The molecule has 2 aromatic carbocycles. The van der Waals surface area contributed by atoms with Crippen LogP contribution in [0.25, 0.3) is 0 Å².